The van der Waals surface area contributed by atoms with E-state index >= 15 is 0 Å². The van der Waals surface area contributed by atoms with Crippen molar-refractivity contribution < 1.29 is 4.74 Å². The van der Waals surface area contributed by atoms with Crippen molar-refractivity contribution in [3.8, 4) is 11.8 Å². The summed E-state index contributed by atoms with van der Waals surface area (Å²) in [4.78, 5) is 4.53. The Morgan fingerprint density at radius 3 is 2.60 bits per heavy atom. The number of hydrogen-bond donors (Lipinski definition) is 0. The molecular formula is C16H13N3O. The average molecular weight is 263 g/mol. The molecule has 0 aliphatic rings. The molecule has 3 aromatic rings. The summed E-state index contributed by atoms with van der Waals surface area (Å²) in [7, 11) is 0. The van der Waals surface area contributed by atoms with Crippen molar-refractivity contribution in [3.05, 3.63) is 60.4 Å². The number of para-hydroxylation sites is 3. The number of aromatic nitrogens is 2. The zero-order chi connectivity index (χ0) is 13.8. The zero-order valence-electron chi connectivity index (χ0n) is 10.9. The number of imidazole rings is 1. The highest BCUT2D eigenvalue weighted by Gasteiger charge is 2.10. The summed E-state index contributed by atoms with van der Waals surface area (Å²) >= 11 is 0. The molecule has 0 atom stereocenters. The maximum atomic E-state index is 8.97. The molecule has 4 heteroatoms. The van der Waals surface area contributed by atoms with Crippen molar-refractivity contribution in [2.75, 3.05) is 0 Å². The third-order valence-electron chi connectivity index (χ3n) is 3.07. The molecule has 0 saturated carbocycles. The molecule has 0 bridgehead atoms. The van der Waals surface area contributed by atoms with E-state index in [1.807, 2.05) is 59.2 Å². The second kappa shape index (κ2) is 5.45. The van der Waals surface area contributed by atoms with Crippen molar-refractivity contribution in [1.29, 1.82) is 5.26 Å². The van der Waals surface area contributed by atoms with E-state index in [1.54, 1.807) is 0 Å². The SMILES string of the molecule is N#CCn1c(COc2ccccc2)nc2ccccc21. The summed E-state index contributed by atoms with van der Waals surface area (Å²) in [6, 6.07) is 19.5. The third kappa shape index (κ3) is 2.34. The van der Waals surface area contributed by atoms with Crippen LogP contribution in [-0.4, -0.2) is 9.55 Å². The minimum absolute atomic E-state index is 0.272. The first-order valence-corrected chi connectivity index (χ1v) is 6.37. The van der Waals surface area contributed by atoms with Gasteiger partial charge in [0.2, 0.25) is 0 Å². The smallest absolute Gasteiger partial charge is 0.148 e. The van der Waals surface area contributed by atoms with Gasteiger partial charge in [-0.2, -0.15) is 5.26 Å². The number of ether oxygens (including phenoxy) is 1. The molecule has 0 unspecified atom stereocenters. The molecule has 2 aromatic carbocycles. The Bertz CT molecular complexity index is 756. The van der Waals surface area contributed by atoms with Crippen molar-refractivity contribution >= 4 is 11.0 Å². The zero-order valence-corrected chi connectivity index (χ0v) is 10.9. The van der Waals surface area contributed by atoms with Gasteiger partial charge in [0, 0.05) is 0 Å². The van der Waals surface area contributed by atoms with Crippen LogP contribution in [-0.2, 0) is 13.2 Å². The molecule has 3 rings (SSSR count). The summed E-state index contributed by atoms with van der Waals surface area (Å²) in [6.45, 7) is 0.619. The summed E-state index contributed by atoms with van der Waals surface area (Å²) in [5.41, 5.74) is 1.84. The first-order valence-electron chi connectivity index (χ1n) is 6.37. The van der Waals surface area contributed by atoms with E-state index in [0.29, 0.717) is 6.61 Å². The van der Waals surface area contributed by atoms with Crippen molar-refractivity contribution in [3.63, 3.8) is 0 Å². The summed E-state index contributed by atoms with van der Waals surface area (Å²) in [6.07, 6.45) is 0. The number of benzene rings is 2. The highest BCUT2D eigenvalue weighted by Crippen LogP contribution is 2.18. The Morgan fingerprint density at radius 2 is 1.80 bits per heavy atom. The van der Waals surface area contributed by atoms with Gasteiger partial charge in [0.1, 0.15) is 24.7 Å². The van der Waals surface area contributed by atoms with Crippen LogP contribution in [0.2, 0.25) is 0 Å². The molecule has 0 amide bonds. The van der Waals surface area contributed by atoms with Gasteiger partial charge in [-0.05, 0) is 24.3 Å². The van der Waals surface area contributed by atoms with E-state index < -0.39 is 0 Å². The van der Waals surface area contributed by atoms with Gasteiger partial charge in [0.25, 0.3) is 0 Å². The van der Waals surface area contributed by atoms with Crippen molar-refractivity contribution in [2.45, 2.75) is 13.2 Å². The van der Waals surface area contributed by atoms with Crippen LogP contribution < -0.4 is 4.74 Å². The van der Waals surface area contributed by atoms with Crippen LogP contribution in [0.5, 0.6) is 5.75 Å². The van der Waals surface area contributed by atoms with Gasteiger partial charge in [-0.3, -0.25) is 0 Å². The molecule has 0 fully saturated rings. The van der Waals surface area contributed by atoms with Gasteiger partial charge >= 0.3 is 0 Å². The van der Waals surface area contributed by atoms with E-state index in [4.69, 9.17) is 10.00 Å². The highest BCUT2D eigenvalue weighted by atomic mass is 16.5. The lowest BCUT2D eigenvalue weighted by atomic mass is 10.3. The Morgan fingerprint density at radius 1 is 1.05 bits per heavy atom. The molecule has 0 aliphatic carbocycles. The lowest BCUT2D eigenvalue weighted by molar-refractivity contribution is 0.291. The maximum Gasteiger partial charge on any atom is 0.148 e. The van der Waals surface area contributed by atoms with Crippen LogP contribution in [0.15, 0.2) is 54.6 Å². The van der Waals surface area contributed by atoms with E-state index in [-0.39, 0.29) is 6.54 Å². The molecule has 1 aromatic heterocycles. The van der Waals surface area contributed by atoms with Gasteiger partial charge in [-0.1, -0.05) is 30.3 Å². The Balaban J connectivity index is 1.91. The third-order valence-corrected chi connectivity index (χ3v) is 3.07. The number of nitrogens with zero attached hydrogens (tertiary/aromatic N) is 3. The van der Waals surface area contributed by atoms with E-state index in [0.717, 1.165) is 22.6 Å². The van der Waals surface area contributed by atoms with Gasteiger partial charge in [0.05, 0.1) is 17.1 Å². The van der Waals surface area contributed by atoms with Gasteiger partial charge in [-0.25, -0.2) is 4.98 Å². The van der Waals surface area contributed by atoms with Gasteiger partial charge < -0.3 is 9.30 Å². The first kappa shape index (κ1) is 12.2. The molecule has 0 N–H and O–H groups in total. The standard InChI is InChI=1S/C16H13N3O/c17-10-11-19-15-9-5-4-8-14(15)18-16(19)12-20-13-6-2-1-3-7-13/h1-9H,11-12H2. The molecule has 1 heterocycles. The molecule has 0 spiro atoms. The fourth-order valence-corrected chi connectivity index (χ4v) is 2.15. The summed E-state index contributed by atoms with van der Waals surface area (Å²) in [5, 5.41) is 8.97. The molecule has 0 radical (unpaired) electrons. The van der Waals surface area contributed by atoms with E-state index in [1.165, 1.54) is 0 Å². The number of hydrogen-bond acceptors (Lipinski definition) is 3. The number of fused-ring (bicyclic) bond motifs is 1. The Labute approximate surface area is 116 Å². The topological polar surface area (TPSA) is 50.8 Å². The normalized spacial score (nSPS) is 10.3. The predicted octanol–water partition coefficient (Wildman–Crippen LogP) is 3.14. The highest BCUT2D eigenvalue weighted by molar-refractivity contribution is 5.75. The average Bonchev–Trinajstić information content (AvgIpc) is 2.85. The Kier molecular flexibility index (Phi) is 3.34. The molecule has 0 aliphatic heterocycles. The lowest BCUT2D eigenvalue weighted by Crippen LogP contribution is -2.06. The van der Waals surface area contributed by atoms with Crippen LogP contribution in [0.3, 0.4) is 0 Å². The van der Waals surface area contributed by atoms with Crippen molar-refractivity contribution in [2.24, 2.45) is 0 Å². The number of rotatable bonds is 4. The quantitative estimate of drug-likeness (QED) is 0.726. The predicted molar refractivity (Wildman–Crippen MR) is 76.1 cm³/mol. The minimum Gasteiger partial charge on any atom is -0.486 e. The lowest BCUT2D eigenvalue weighted by Gasteiger charge is -2.07. The number of nitriles is 1. The van der Waals surface area contributed by atoms with Crippen LogP contribution in [0.25, 0.3) is 11.0 Å². The first-order chi connectivity index (χ1) is 9.88. The Hall–Kier alpha value is -2.80. The fraction of sp³-hybridized carbons (Fsp3) is 0.125. The largest absolute Gasteiger partial charge is 0.486 e. The molecule has 20 heavy (non-hydrogen) atoms. The van der Waals surface area contributed by atoms with Gasteiger partial charge in [-0.15, -0.1) is 0 Å². The van der Waals surface area contributed by atoms with Crippen molar-refractivity contribution in [1.82, 2.24) is 9.55 Å². The second-order valence-electron chi connectivity index (χ2n) is 4.36. The van der Waals surface area contributed by atoms with E-state index in [9.17, 15) is 0 Å². The monoisotopic (exact) mass is 263 g/mol. The maximum absolute atomic E-state index is 8.97. The summed E-state index contributed by atoms with van der Waals surface area (Å²) < 4.78 is 7.60. The van der Waals surface area contributed by atoms with Crippen LogP contribution in [0, 0.1) is 11.3 Å². The molecular weight excluding hydrogens is 250 g/mol. The second-order valence-corrected chi connectivity index (χ2v) is 4.36. The molecule has 4 nitrogen and oxygen atoms in total. The van der Waals surface area contributed by atoms with Crippen LogP contribution >= 0.6 is 0 Å². The van der Waals surface area contributed by atoms with Crippen LogP contribution in [0.1, 0.15) is 5.82 Å². The van der Waals surface area contributed by atoms with Crippen LogP contribution in [0.4, 0.5) is 0 Å². The molecule has 0 saturated heterocycles. The fourth-order valence-electron chi connectivity index (χ4n) is 2.15. The minimum atomic E-state index is 0.272. The van der Waals surface area contributed by atoms with Gasteiger partial charge in [0.15, 0.2) is 0 Å². The molecule has 98 valence electrons. The van der Waals surface area contributed by atoms with E-state index in [2.05, 4.69) is 11.1 Å². The summed E-state index contributed by atoms with van der Waals surface area (Å²) in [5.74, 6) is 1.56.